The van der Waals surface area contributed by atoms with Crippen molar-refractivity contribution in [1.29, 1.82) is 0 Å². The van der Waals surface area contributed by atoms with Gasteiger partial charge in [-0.2, -0.15) is 11.8 Å². The average molecular weight is 563 g/mol. The van der Waals surface area contributed by atoms with Crippen molar-refractivity contribution in [2.45, 2.75) is 56.4 Å². The average Bonchev–Trinajstić information content (AvgIpc) is 3.29. The Labute approximate surface area is 209 Å². The number of guanidine groups is 1. The molecule has 0 bridgehead atoms. The second-order valence-corrected chi connectivity index (χ2v) is 9.64. The van der Waals surface area contributed by atoms with Crippen molar-refractivity contribution in [2.24, 2.45) is 4.99 Å². The largest absolute Gasteiger partial charge is 0.496 e. The number of para-hydroxylation sites is 1. The molecule has 1 aromatic carbocycles. The summed E-state index contributed by atoms with van der Waals surface area (Å²) in [5.41, 5.74) is 0.544. The molecule has 3 rings (SSSR count). The summed E-state index contributed by atoms with van der Waals surface area (Å²) in [4.78, 5) is 7.29. The Morgan fingerprint density at radius 2 is 2.03 bits per heavy atom. The molecule has 1 heterocycles. The number of hydrogen-bond donors (Lipinski definition) is 3. The lowest BCUT2D eigenvalue weighted by molar-refractivity contribution is -0.0154. The maximum absolute atomic E-state index is 10.9. The number of methoxy groups -OCH3 is 1. The molecule has 2 aliphatic rings. The summed E-state index contributed by atoms with van der Waals surface area (Å²) in [6, 6.07) is 8.53. The van der Waals surface area contributed by atoms with Crippen LogP contribution in [0.3, 0.4) is 0 Å². The minimum absolute atomic E-state index is 0. The van der Waals surface area contributed by atoms with E-state index in [1.54, 1.807) is 7.11 Å². The quantitative estimate of drug-likeness (QED) is 0.230. The molecule has 0 radical (unpaired) electrons. The van der Waals surface area contributed by atoms with Crippen LogP contribution in [0.5, 0.6) is 5.75 Å². The molecule has 0 spiro atoms. The molecular weight excluding hydrogens is 523 g/mol. The Bertz CT molecular complexity index is 702. The number of ether oxygens (including phenoxy) is 1. The maximum Gasteiger partial charge on any atom is 0.191 e. The summed E-state index contributed by atoms with van der Waals surface area (Å²) in [5, 5.41) is 18.1. The lowest BCUT2D eigenvalue weighted by Gasteiger charge is -2.44. The Hall–Kier alpha value is -0.710. The van der Waals surface area contributed by atoms with Gasteiger partial charge in [-0.1, -0.05) is 25.1 Å². The zero-order chi connectivity index (χ0) is 21.4. The van der Waals surface area contributed by atoms with E-state index >= 15 is 0 Å². The van der Waals surface area contributed by atoms with Crippen LogP contribution < -0.4 is 15.4 Å². The SMILES string of the molecule is CCNC(=NCC1(O)CCC1SCC)NCC(c1ccccc1OC)N1CCCC1.I. The normalized spacial score (nSPS) is 24.8. The zero-order valence-corrected chi connectivity index (χ0v) is 22.2. The molecule has 3 N–H and O–H groups in total. The number of likely N-dealkylation sites (tertiary alicyclic amines) is 1. The number of benzene rings is 1. The number of aliphatic imine (C=N–C) groups is 1. The molecule has 1 saturated carbocycles. The van der Waals surface area contributed by atoms with Crippen LogP contribution in [-0.4, -0.2) is 72.4 Å². The third-order valence-corrected chi connectivity index (χ3v) is 7.61. The van der Waals surface area contributed by atoms with Crippen molar-refractivity contribution in [3.8, 4) is 5.75 Å². The highest BCUT2D eigenvalue weighted by molar-refractivity contribution is 14.0. The highest BCUT2D eigenvalue weighted by atomic mass is 127. The van der Waals surface area contributed by atoms with E-state index in [9.17, 15) is 5.11 Å². The van der Waals surface area contributed by atoms with Gasteiger partial charge in [0, 0.05) is 23.9 Å². The minimum Gasteiger partial charge on any atom is -0.496 e. The highest BCUT2D eigenvalue weighted by Gasteiger charge is 2.45. The van der Waals surface area contributed by atoms with Gasteiger partial charge in [0.2, 0.25) is 0 Å². The van der Waals surface area contributed by atoms with E-state index in [2.05, 4.69) is 41.5 Å². The zero-order valence-electron chi connectivity index (χ0n) is 19.1. The van der Waals surface area contributed by atoms with Gasteiger partial charge in [0.1, 0.15) is 5.75 Å². The lowest BCUT2D eigenvalue weighted by atomic mass is 9.79. The molecule has 0 aromatic heterocycles. The predicted octanol–water partition coefficient (Wildman–Crippen LogP) is 3.65. The van der Waals surface area contributed by atoms with Crippen LogP contribution in [0.15, 0.2) is 29.3 Å². The van der Waals surface area contributed by atoms with Crippen molar-refractivity contribution < 1.29 is 9.84 Å². The highest BCUT2D eigenvalue weighted by Crippen LogP contribution is 2.41. The smallest absolute Gasteiger partial charge is 0.191 e. The molecule has 8 heteroatoms. The first kappa shape index (κ1) is 26.5. The van der Waals surface area contributed by atoms with Gasteiger partial charge >= 0.3 is 0 Å². The predicted molar refractivity (Wildman–Crippen MR) is 142 cm³/mol. The lowest BCUT2D eigenvalue weighted by Crippen LogP contribution is -2.53. The van der Waals surface area contributed by atoms with Gasteiger partial charge in [0.05, 0.1) is 25.3 Å². The molecule has 1 saturated heterocycles. The van der Waals surface area contributed by atoms with E-state index in [4.69, 9.17) is 9.73 Å². The van der Waals surface area contributed by atoms with Crippen molar-refractivity contribution in [3.05, 3.63) is 29.8 Å². The van der Waals surface area contributed by atoms with E-state index in [-0.39, 0.29) is 30.0 Å². The molecular formula is C23H39IN4O2S. The second-order valence-electron chi connectivity index (χ2n) is 8.16. The molecule has 1 aliphatic carbocycles. The first-order chi connectivity index (χ1) is 14.6. The van der Waals surface area contributed by atoms with Crippen LogP contribution in [0.1, 0.15) is 51.1 Å². The molecule has 1 aliphatic heterocycles. The fourth-order valence-corrected chi connectivity index (χ4v) is 5.59. The third-order valence-electron chi connectivity index (χ3n) is 6.20. The van der Waals surface area contributed by atoms with Crippen LogP contribution in [0.4, 0.5) is 0 Å². The molecule has 3 unspecified atom stereocenters. The summed E-state index contributed by atoms with van der Waals surface area (Å²) in [7, 11) is 1.74. The van der Waals surface area contributed by atoms with E-state index in [1.165, 1.54) is 18.4 Å². The Morgan fingerprint density at radius 3 is 2.65 bits per heavy atom. The van der Waals surface area contributed by atoms with Crippen LogP contribution in [0, 0.1) is 0 Å². The van der Waals surface area contributed by atoms with Gasteiger partial charge in [-0.3, -0.25) is 9.89 Å². The van der Waals surface area contributed by atoms with Gasteiger partial charge in [0.15, 0.2) is 5.96 Å². The Kier molecular flexibility index (Phi) is 11.2. The van der Waals surface area contributed by atoms with Crippen molar-refractivity contribution in [1.82, 2.24) is 15.5 Å². The first-order valence-electron chi connectivity index (χ1n) is 11.3. The number of aliphatic hydroxyl groups is 1. The van der Waals surface area contributed by atoms with E-state index in [0.29, 0.717) is 11.8 Å². The van der Waals surface area contributed by atoms with Crippen LogP contribution >= 0.6 is 35.7 Å². The van der Waals surface area contributed by atoms with Crippen molar-refractivity contribution >= 4 is 41.7 Å². The second kappa shape index (κ2) is 13.1. The number of hydrogen-bond acceptors (Lipinski definition) is 5. The van der Waals surface area contributed by atoms with Gasteiger partial charge in [-0.25, -0.2) is 0 Å². The van der Waals surface area contributed by atoms with Crippen LogP contribution in [0.2, 0.25) is 0 Å². The van der Waals surface area contributed by atoms with E-state index in [0.717, 1.165) is 56.5 Å². The summed E-state index contributed by atoms with van der Waals surface area (Å²) in [6.45, 7) is 8.42. The molecule has 6 nitrogen and oxygen atoms in total. The topological polar surface area (TPSA) is 69.1 Å². The fraction of sp³-hybridized carbons (Fsp3) is 0.696. The standard InChI is InChI=1S/C23H38N4O2S.HI/c1-4-24-22(26-17-23(28)13-12-21(23)30-5-2)25-16-19(27-14-8-9-15-27)18-10-6-7-11-20(18)29-3;/h6-7,10-11,19,21,28H,4-5,8-9,12-17H2,1-3H3,(H2,24,25,26);1H. The minimum atomic E-state index is -0.667. The van der Waals surface area contributed by atoms with Gasteiger partial charge < -0.3 is 20.5 Å². The summed E-state index contributed by atoms with van der Waals surface area (Å²) < 4.78 is 5.65. The number of nitrogens with zero attached hydrogens (tertiary/aromatic N) is 2. The van der Waals surface area contributed by atoms with Crippen LogP contribution in [-0.2, 0) is 0 Å². The molecule has 3 atom stereocenters. The molecule has 176 valence electrons. The Morgan fingerprint density at radius 1 is 1.29 bits per heavy atom. The molecule has 31 heavy (non-hydrogen) atoms. The monoisotopic (exact) mass is 562 g/mol. The fourth-order valence-electron chi connectivity index (χ4n) is 4.40. The summed E-state index contributed by atoms with van der Waals surface area (Å²) >= 11 is 1.85. The van der Waals surface area contributed by atoms with Crippen molar-refractivity contribution in [3.63, 3.8) is 0 Å². The number of nitrogens with one attached hydrogen (secondary N) is 2. The summed E-state index contributed by atoms with van der Waals surface area (Å²) in [6.07, 6.45) is 4.40. The summed E-state index contributed by atoms with van der Waals surface area (Å²) in [5.74, 6) is 2.74. The van der Waals surface area contributed by atoms with Gasteiger partial charge in [-0.15, -0.1) is 24.0 Å². The van der Waals surface area contributed by atoms with E-state index in [1.807, 2.05) is 23.9 Å². The Balaban J connectivity index is 0.00000341. The molecule has 1 aromatic rings. The van der Waals surface area contributed by atoms with E-state index < -0.39 is 5.60 Å². The first-order valence-corrected chi connectivity index (χ1v) is 12.4. The molecule has 2 fully saturated rings. The number of halogens is 1. The third kappa shape index (κ3) is 6.88. The molecule has 0 amide bonds. The number of rotatable bonds is 10. The maximum atomic E-state index is 10.9. The van der Waals surface area contributed by atoms with Crippen molar-refractivity contribution in [2.75, 3.05) is 45.6 Å². The van der Waals surface area contributed by atoms with Crippen LogP contribution in [0.25, 0.3) is 0 Å². The number of thioether (sulfide) groups is 1. The van der Waals surface area contributed by atoms with Gasteiger partial charge in [0.25, 0.3) is 0 Å². The van der Waals surface area contributed by atoms with Gasteiger partial charge in [-0.05, 0) is 57.5 Å².